The van der Waals surface area contributed by atoms with Crippen molar-refractivity contribution in [1.29, 1.82) is 0 Å². The average molecular weight is 234 g/mol. The molecule has 1 aliphatic carbocycles. The van der Waals surface area contributed by atoms with Gasteiger partial charge in [-0.3, -0.25) is 4.79 Å². The van der Waals surface area contributed by atoms with Crippen molar-refractivity contribution in [2.75, 3.05) is 13.7 Å². The first kappa shape index (κ1) is 12.0. The van der Waals surface area contributed by atoms with Crippen LogP contribution in [-0.2, 0) is 9.53 Å². The van der Waals surface area contributed by atoms with Crippen LogP contribution in [0.1, 0.15) is 19.3 Å². The van der Waals surface area contributed by atoms with Gasteiger partial charge in [-0.15, -0.1) is 0 Å². The van der Waals surface area contributed by atoms with Gasteiger partial charge in [0.25, 0.3) is 0 Å². The Kier molecular flexibility index (Phi) is 4.02. The number of benzene rings is 1. The number of para-hydroxylation sites is 1. The second kappa shape index (κ2) is 5.71. The molecule has 1 aromatic rings. The van der Waals surface area contributed by atoms with Crippen LogP contribution >= 0.6 is 0 Å². The first-order chi connectivity index (χ1) is 8.29. The van der Waals surface area contributed by atoms with Gasteiger partial charge in [0, 0.05) is 6.42 Å². The van der Waals surface area contributed by atoms with Crippen molar-refractivity contribution in [2.45, 2.75) is 19.3 Å². The van der Waals surface area contributed by atoms with E-state index in [9.17, 15) is 4.79 Å². The second-order valence-corrected chi connectivity index (χ2v) is 4.49. The van der Waals surface area contributed by atoms with Crippen LogP contribution in [0.2, 0.25) is 0 Å². The Morgan fingerprint density at radius 2 is 2.06 bits per heavy atom. The molecule has 0 amide bonds. The Hall–Kier alpha value is -1.51. The Balaban J connectivity index is 1.60. The van der Waals surface area contributed by atoms with Crippen LogP contribution < -0.4 is 4.74 Å². The highest BCUT2D eigenvalue weighted by Gasteiger charge is 2.38. The number of ether oxygens (including phenoxy) is 2. The Labute approximate surface area is 102 Å². The number of rotatable bonds is 6. The lowest BCUT2D eigenvalue weighted by molar-refractivity contribution is -0.141. The first-order valence-corrected chi connectivity index (χ1v) is 6.04. The van der Waals surface area contributed by atoms with Crippen LogP contribution in [0.15, 0.2) is 30.3 Å². The van der Waals surface area contributed by atoms with Crippen molar-refractivity contribution in [2.24, 2.45) is 11.8 Å². The molecule has 3 nitrogen and oxygen atoms in total. The van der Waals surface area contributed by atoms with E-state index in [-0.39, 0.29) is 5.97 Å². The average Bonchev–Trinajstić information content (AvgIpc) is 3.08. The molecule has 0 saturated heterocycles. The van der Waals surface area contributed by atoms with E-state index in [4.69, 9.17) is 4.74 Å². The molecule has 0 radical (unpaired) electrons. The molecule has 17 heavy (non-hydrogen) atoms. The van der Waals surface area contributed by atoms with Gasteiger partial charge >= 0.3 is 5.97 Å². The van der Waals surface area contributed by atoms with Crippen molar-refractivity contribution in [3.8, 4) is 5.75 Å². The topological polar surface area (TPSA) is 35.5 Å². The van der Waals surface area contributed by atoms with Crippen molar-refractivity contribution in [1.82, 2.24) is 0 Å². The van der Waals surface area contributed by atoms with Gasteiger partial charge in [-0.1, -0.05) is 18.2 Å². The fourth-order valence-corrected chi connectivity index (χ4v) is 2.06. The van der Waals surface area contributed by atoms with Gasteiger partial charge in [-0.25, -0.2) is 0 Å². The van der Waals surface area contributed by atoms with Gasteiger partial charge in [0.2, 0.25) is 0 Å². The maximum Gasteiger partial charge on any atom is 0.305 e. The molecule has 0 N–H and O–H groups in total. The van der Waals surface area contributed by atoms with E-state index in [1.54, 1.807) is 0 Å². The van der Waals surface area contributed by atoms with Gasteiger partial charge in [0.05, 0.1) is 13.7 Å². The van der Waals surface area contributed by atoms with Gasteiger partial charge in [-0.05, 0) is 36.8 Å². The van der Waals surface area contributed by atoms with E-state index in [0.717, 1.165) is 25.2 Å². The van der Waals surface area contributed by atoms with Crippen molar-refractivity contribution >= 4 is 5.97 Å². The lowest BCUT2D eigenvalue weighted by atomic mass is 10.2. The number of methoxy groups -OCH3 is 1. The molecule has 1 aliphatic rings. The predicted molar refractivity (Wildman–Crippen MR) is 64.8 cm³/mol. The van der Waals surface area contributed by atoms with E-state index in [1.807, 2.05) is 30.3 Å². The summed E-state index contributed by atoms with van der Waals surface area (Å²) >= 11 is 0. The van der Waals surface area contributed by atoms with Crippen LogP contribution in [0, 0.1) is 11.8 Å². The minimum atomic E-state index is -0.0959. The SMILES string of the molecule is COC(=O)C[C@@H]1C[C@H]1CCOc1ccccc1. The molecule has 2 atom stereocenters. The monoisotopic (exact) mass is 234 g/mol. The zero-order valence-corrected chi connectivity index (χ0v) is 10.1. The molecule has 0 aliphatic heterocycles. The van der Waals surface area contributed by atoms with E-state index >= 15 is 0 Å². The summed E-state index contributed by atoms with van der Waals surface area (Å²) in [5, 5.41) is 0. The molecule has 92 valence electrons. The van der Waals surface area contributed by atoms with Crippen LogP contribution in [0.5, 0.6) is 5.75 Å². The van der Waals surface area contributed by atoms with Crippen molar-refractivity contribution < 1.29 is 14.3 Å². The smallest absolute Gasteiger partial charge is 0.305 e. The zero-order chi connectivity index (χ0) is 12.1. The largest absolute Gasteiger partial charge is 0.494 e. The van der Waals surface area contributed by atoms with E-state index in [1.165, 1.54) is 7.11 Å². The summed E-state index contributed by atoms with van der Waals surface area (Å²) < 4.78 is 10.3. The minimum Gasteiger partial charge on any atom is -0.494 e. The van der Waals surface area contributed by atoms with Crippen LogP contribution in [0.25, 0.3) is 0 Å². The Bertz CT molecular complexity index is 361. The number of hydrogen-bond acceptors (Lipinski definition) is 3. The van der Waals surface area contributed by atoms with Crippen LogP contribution in [0.4, 0.5) is 0 Å². The molecule has 0 aromatic heterocycles. The fraction of sp³-hybridized carbons (Fsp3) is 0.500. The van der Waals surface area contributed by atoms with Gasteiger partial charge < -0.3 is 9.47 Å². The minimum absolute atomic E-state index is 0.0959. The quantitative estimate of drug-likeness (QED) is 0.710. The molecule has 1 aromatic carbocycles. The Morgan fingerprint density at radius 1 is 1.29 bits per heavy atom. The highest BCUT2D eigenvalue weighted by atomic mass is 16.5. The molecule has 2 rings (SSSR count). The summed E-state index contributed by atoms with van der Waals surface area (Å²) in [6.45, 7) is 0.729. The molecular weight excluding hydrogens is 216 g/mol. The molecule has 3 heteroatoms. The molecular formula is C14H18O3. The highest BCUT2D eigenvalue weighted by molar-refractivity contribution is 5.69. The van der Waals surface area contributed by atoms with Crippen LogP contribution in [0.3, 0.4) is 0 Å². The molecule has 0 spiro atoms. The van der Waals surface area contributed by atoms with Crippen LogP contribution in [-0.4, -0.2) is 19.7 Å². The normalized spacial score (nSPS) is 21.9. The summed E-state index contributed by atoms with van der Waals surface area (Å²) in [4.78, 5) is 11.0. The standard InChI is InChI=1S/C14H18O3/c1-16-14(15)10-12-9-11(12)7-8-17-13-5-3-2-4-6-13/h2-6,11-12H,7-10H2,1H3/t11-,12+/m1/s1. The van der Waals surface area contributed by atoms with Gasteiger partial charge in [0.1, 0.15) is 5.75 Å². The second-order valence-electron chi connectivity index (χ2n) is 4.49. The van der Waals surface area contributed by atoms with Gasteiger partial charge in [-0.2, -0.15) is 0 Å². The molecule has 1 saturated carbocycles. The fourth-order valence-electron chi connectivity index (χ4n) is 2.06. The molecule has 0 unspecified atom stereocenters. The first-order valence-electron chi connectivity index (χ1n) is 6.04. The summed E-state index contributed by atoms with van der Waals surface area (Å²) in [5.74, 6) is 1.97. The summed E-state index contributed by atoms with van der Waals surface area (Å²) in [7, 11) is 1.44. The predicted octanol–water partition coefficient (Wildman–Crippen LogP) is 2.65. The maximum atomic E-state index is 11.0. The van der Waals surface area contributed by atoms with Gasteiger partial charge in [0.15, 0.2) is 0 Å². The third-order valence-electron chi connectivity index (χ3n) is 3.23. The van der Waals surface area contributed by atoms with E-state index in [0.29, 0.717) is 18.3 Å². The summed E-state index contributed by atoms with van der Waals surface area (Å²) in [5.41, 5.74) is 0. The summed E-state index contributed by atoms with van der Waals surface area (Å²) in [6.07, 6.45) is 2.72. The number of carbonyl (C=O) groups excluding carboxylic acids is 1. The molecule has 0 heterocycles. The van der Waals surface area contributed by atoms with Crippen molar-refractivity contribution in [3.63, 3.8) is 0 Å². The molecule has 1 fully saturated rings. The van der Waals surface area contributed by atoms with E-state index < -0.39 is 0 Å². The Morgan fingerprint density at radius 3 is 2.76 bits per heavy atom. The lowest BCUT2D eigenvalue weighted by Crippen LogP contribution is -2.03. The maximum absolute atomic E-state index is 11.0. The number of esters is 1. The highest BCUT2D eigenvalue weighted by Crippen LogP contribution is 2.43. The number of hydrogen-bond donors (Lipinski definition) is 0. The zero-order valence-electron chi connectivity index (χ0n) is 10.1. The summed E-state index contributed by atoms with van der Waals surface area (Å²) in [6, 6.07) is 9.82. The van der Waals surface area contributed by atoms with Crippen molar-refractivity contribution in [3.05, 3.63) is 30.3 Å². The molecule has 0 bridgehead atoms. The third kappa shape index (κ3) is 3.77. The number of carbonyl (C=O) groups is 1. The van der Waals surface area contributed by atoms with E-state index in [2.05, 4.69) is 4.74 Å². The third-order valence-corrected chi connectivity index (χ3v) is 3.23. The lowest BCUT2D eigenvalue weighted by Gasteiger charge is -2.05.